The topological polar surface area (TPSA) is 67.7 Å². The van der Waals surface area contributed by atoms with Crippen molar-refractivity contribution in [2.24, 2.45) is 0 Å². The zero-order chi connectivity index (χ0) is 25.3. The van der Waals surface area contributed by atoms with E-state index in [1.807, 2.05) is 86.7 Å². The van der Waals surface area contributed by atoms with Crippen LogP contribution in [-0.2, 0) is 11.3 Å². The molecule has 0 spiro atoms. The molecule has 0 radical (unpaired) electrons. The Hall–Kier alpha value is -3.61. The van der Waals surface area contributed by atoms with Gasteiger partial charge in [-0.25, -0.2) is 4.79 Å². The van der Waals surface area contributed by atoms with E-state index in [9.17, 15) is 9.59 Å². The molecule has 1 aromatic heterocycles. The zero-order valence-corrected chi connectivity index (χ0v) is 21.5. The van der Waals surface area contributed by atoms with E-state index in [0.717, 1.165) is 39.5 Å². The number of carbonyl (C=O) groups is 2. The molecule has 7 heteroatoms. The molecule has 2 amide bonds. The smallest absolute Gasteiger partial charge is 0.414 e. The molecule has 0 saturated carbocycles. The fourth-order valence-corrected chi connectivity index (χ4v) is 4.69. The second-order valence-corrected chi connectivity index (χ2v) is 9.26. The molecular weight excluding hydrogens is 440 g/mol. The van der Waals surface area contributed by atoms with Gasteiger partial charge in [0.15, 0.2) is 0 Å². The average Bonchev–Trinajstić information content (AvgIpc) is 3.15. The Labute approximate surface area is 207 Å². The predicted octanol–water partition coefficient (Wildman–Crippen LogP) is 5.57. The van der Waals surface area contributed by atoms with Crippen LogP contribution in [0.3, 0.4) is 0 Å². The van der Waals surface area contributed by atoms with E-state index in [2.05, 4.69) is 5.10 Å². The molecule has 1 atom stereocenters. The summed E-state index contributed by atoms with van der Waals surface area (Å²) >= 11 is 0. The highest BCUT2D eigenvalue weighted by Crippen LogP contribution is 2.39. The summed E-state index contributed by atoms with van der Waals surface area (Å²) in [5.74, 6) is -0.0771. The summed E-state index contributed by atoms with van der Waals surface area (Å²) < 4.78 is 7.33. The van der Waals surface area contributed by atoms with Crippen LogP contribution in [0, 0.1) is 27.7 Å². The van der Waals surface area contributed by atoms with Crippen LogP contribution in [0.15, 0.2) is 42.5 Å². The lowest BCUT2D eigenvalue weighted by molar-refractivity contribution is 0.0981. The highest BCUT2D eigenvalue weighted by atomic mass is 16.6. The zero-order valence-electron chi connectivity index (χ0n) is 21.5. The van der Waals surface area contributed by atoms with Gasteiger partial charge in [-0.3, -0.25) is 14.4 Å². The van der Waals surface area contributed by atoms with Crippen molar-refractivity contribution in [1.29, 1.82) is 0 Å². The first-order valence-corrected chi connectivity index (χ1v) is 12.2. The molecule has 0 fully saturated rings. The number of fused-ring (bicyclic) bond motifs is 1. The first-order chi connectivity index (χ1) is 16.7. The van der Waals surface area contributed by atoms with E-state index in [4.69, 9.17) is 4.74 Å². The molecule has 3 aromatic rings. The normalized spacial score (nSPS) is 15.2. The van der Waals surface area contributed by atoms with Gasteiger partial charge in [-0.1, -0.05) is 19.1 Å². The maximum absolute atomic E-state index is 13.9. The van der Waals surface area contributed by atoms with Gasteiger partial charge in [-0.15, -0.1) is 0 Å². The lowest BCUT2D eigenvalue weighted by Crippen LogP contribution is -2.53. The third-order valence-corrected chi connectivity index (χ3v) is 6.69. The minimum atomic E-state index is -0.372. The van der Waals surface area contributed by atoms with Crippen molar-refractivity contribution in [3.8, 4) is 0 Å². The molecule has 1 unspecified atom stereocenters. The lowest BCUT2D eigenvalue weighted by Gasteiger charge is -2.42. The van der Waals surface area contributed by atoms with Gasteiger partial charge < -0.3 is 9.64 Å². The fourth-order valence-electron chi connectivity index (χ4n) is 4.69. The molecule has 1 aliphatic rings. The van der Waals surface area contributed by atoms with Crippen LogP contribution in [0.1, 0.15) is 58.7 Å². The SMILES string of the molecule is CCOC(=O)N1c2cc(C)c(C)cc2N(C(=O)c2cccc(Cn3nc(C)cc3C)c2)CC1CC. The number of ether oxygens (including phenoxy) is 1. The lowest BCUT2D eigenvalue weighted by atomic mass is 9.99. The van der Waals surface area contributed by atoms with Crippen molar-refractivity contribution in [2.75, 3.05) is 23.0 Å². The van der Waals surface area contributed by atoms with Gasteiger partial charge in [-0.2, -0.15) is 5.10 Å². The van der Waals surface area contributed by atoms with Crippen LogP contribution in [0.4, 0.5) is 16.2 Å². The summed E-state index contributed by atoms with van der Waals surface area (Å²) in [6.45, 7) is 13.2. The number of aryl methyl sites for hydroxylation is 4. The van der Waals surface area contributed by atoms with Gasteiger partial charge in [0.2, 0.25) is 0 Å². The molecule has 2 aromatic carbocycles. The summed E-state index contributed by atoms with van der Waals surface area (Å²) in [7, 11) is 0. The number of hydrogen-bond donors (Lipinski definition) is 0. The highest BCUT2D eigenvalue weighted by molar-refractivity contribution is 6.10. The van der Waals surface area contributed by atoms with Gasteiger partial charge in [0.25, 0.3) is 5.91 Å². The molecule has 0 aliphatic carbocycles. The van der Waals surface area contributed by atoms with Gasteiger partial charge in [0.05, 0.1) is 36.3 Å². The minimum Gasteiger partial charge on any atom is -0.449 e. The highest BCUT2D eigenvalue weighted by Gasteiger charge is 2.37. The van der Waals surface area contributed by atoms with Gasteiger partial charge >= 0.3 is 6.09 Å². The monoisotopic (exact) mass is 474 g/mol. The van der Waals surface area contributed by atoms with Crippen LogP contribution in [0.5, 0.6) is 0 Å². The third-order valence-electron chi connectivity index (χ3n) is 6.69. The van der Waals surface area contributed by atoms with Crippen LogP contribution in [0.2, 0.25) is 0 Å². The molecule has 0 bridgehead atoms. The Morgan fingerprint density at radius 2 is 1.71 bits per heavy atom. The van der Waals surface area contributed by atoms with Crippen molar-refractivity contribution in [3.63, 3.8) is 0 Å². The largest absolute Gasteiger partial charge is 0.449 e. The molecule has 0 N–H and O–H groups in total. The maximum Gasteiger partial charge on any atom is 0.414 e. The van der Waals surface area contributed by atoms with Crippen LogP contribution < -0.4 is 9.80 Å². The fraction of sp³-hybridized carbons (Fsp3) is 0.393. The Kier molecular flexibility index (Phi) is 6.96. The van der Waals surface area contributed by atoms with Crippen molar-refractivity contribution >= 4 is 23.4 Å². The third kappa shape index (κ3) is 4.81. The maximum atomic E-state index is 13.9. The van der Waals surface area contributed by atoms with E-state index in [-0.39, 0.29) is 18.0 Å². The average molecular weight is 475 g/mol. The molecule has 0 saturated heterocycles. The van der Waals surface area contributed by atoms with Crippen LogP contribution in [0.25, 0.3) is 0 Å². The van der Waals surface area contributed by atoms with E-state index < -0.39 is 0 Å². The minimum absolute atomic E-state index is 0.0771. The molecule has 35 heavy (non-hydrogen) atoms. The van der Waals surface area contributed by atoms with E-state index in [1.54, 1.807) is 11.8 Å². The number of aromatic nitrogens is 2. The Morgan fingerprint density at radius 3 is 2.34 bits per heavy atom. The Bertz CT molecular complexity index is 1260. The van der Waals surface area contributed by atoms with Crippen molar-refractivity contribution in [3.05, 3.63) is 76.1 Å². The van der Waals surface area contributed by atoms with E-state index in [0.29, 0.717) is 31.7 Å². The van der Waals surface area contributed by atoms with Crippen molar-refractivity contribution in [1.82, 2.24) is 9.78 Å². The number of anilines is 2. The molecule has 184 valence electrons. The number of benzene rings is 2. The number of rotatable bonds is 5. The van der Waals surface area contributed by atoms with Crippen molar-refractivity contribution < 1.29 is 14.3 Å². The van der Waals surface area contributed by atoms with E-state index >= 15 is 0 Å². The van der Waals surface area contributed by atoms with Crippen molar-refractivity contribution in [2.45, 2.75) is 60.5 Å². The number of carbonyl (C=O) groups excluding carboxylic acids is 2. The first kappa shape index (κ1) is 24.5. The summed E-state index contributed by atoms with van der Waals surface area (Å²) in [4.78, 5) is 30.3. The molecular formula is C28H34N4O3. The molecule has 7 nitrogen and oxygen atoms in total. The summed E-state index contributed by atoms with van der Waals surface area (Å²) in [6, 6.07) is 13.6. The second-order valence-electron chi connectivity index (χ2n) is 9.26. The molecule has 1 aliphatic heterocycles. The van der Waals surface area contributed by atoms with Gasteiger partial charge in [-0.05, 0) is 88.1 Å². The van der Waals surface area contributed by atoms with Crippen LogP contribution in [-0.4, -0.2) is 41.0 Å². The quantitative estimate of drug-likeness (QED) is 0.485. The predicted molar refractivity (Wildman–Crippen MR) is 138 cm³/mol. The van der Waals surface area contributed by atoms with E-state index in [1.165, 1.54) is 0 Å². The Morgan fingerprint density at radius 1 is 1.00 bits per heavy atom. The standard InChI is InChI=1S/C28H34N4O3/c1-7-24-17-30(25-12-18(3)19(4)13-26(25)32(24)28(34)35-8-2)27(33)23-11-9-10-22(15-23)16-31-21(6)14-20(5)29-31/h9-15,24H,7-8,16-17H2,1-6H3. The van der Waals surface area contributed by atoms with Gasteiger partial charge in [0.1, 0.15) is 0 Å². The first-order valence-electron chi connectivity index (χ1n) is 12.2. The number of hydrogen-bond acceptors (Lipinski definition) is 4. The number of amides is 2. The summed E-state index contributed by atoms with van der Waals surface area (Å²) in [5.41, 5.74) is 7.28. The summed E-state index contributed by atoms with van der Waals surface area (Å²) in [5, 5.41) is 4.55. The van der Waals surface area contributed by atoms with Crippen LogP contribution >= 0.6 is 0 Å². The molecule has 4 rings (SSSR count). The summed E-state index contributed by atoms with van der Waals surface area (Å²) in [6.07, 6.45) is 0.329. The number of nitrogens with zero attached hydrogens (tertiary/aromatic N) is 4. The van der Waals surface area contributed by atoms with Gasteiger partial charge in [0, 0.05) is 17.8 Å². The molecule has 2 heterocycles. The second kappa shape index (κ2) is 9.94. The Balaban J connectivity index is 1.72.